The van der Waals surface area contributed by atoms with Gasteiger partial charge in [-0.25, -0.2) is 0 Å². The van der Waals surface area contributed by atoms with Gasteiger partial charge in [0.1, 0.15) is 0 Å². The summed E-state index contributed by atoms with van der Waals surface area (Å²) in [6.45, 7) is 4.19. The first-order valence-electron chi connectivity index (χ1n) is 6.63. The summed E-state index contributed by atoms with van der Waals surface area (Å²) in [5, 5.41) is 9.68. The molecule has 0 aliphatic carbocycles. The lowest BCUT2D eigenvalue weighted by Crippen LogP contribution is -2.17. The van der Waals surface area contributed by atoms with Gasteiger partial charge in [0.15, 0.2) is 0 Å². The number of aromatic nitrogens is 2. The fourth-order valence-corrected chi connectivity index (χ4v) is 2.14. The molecule has 19 heavy (non-hydrogen) atoms. The second-order valence-electron chi connectivity index (χ2n) is 4.47. The number of anilines is 1. The average Bonchev–Trinajstić information content (AvgIpc) is 2.91. The second kappa shape index (κ2) is 6.18. The van der Waals surface area contributed by atoms with Crippen LogP contribution in [0.5, 0.6) is 0 Å². The maximum absolute atomic E-state index is 12.1. The van der Waals surface area contributed by atoms with Gasteiger partial charge in [0.2, 0.25) is 5.91 Å². The fourth-order valence-electron chi connectivity index (χ4n) is 2.14. The summed E-state index contributed by atoms with van der Waals surface area (Å²) in [5.74, 6) is -0.0140. The molecule has 2 rings (SSSR count). The lowest BCUT2D eigenvalue weighted by molar-refractivity contribution is -0.115. The highest BCUT2D eigenvalue weighted by molar-refractivity contribution is 5.93. The van der Waals surface area contributed by atoms with Crippen LogP contribution in [0.3, 0.4) is 0 Å². The van der Waals surface area contributed by atoms with E-state index in [1.54, 1.807) is 6.20 Å². The number of carbonyl (C=O) groups excluding carboxylic acids is 1. The Kier molecular flexibility index (Phi) is 4.34. The Morgan fingerprint density at radius 1 is 1.21 bits per heavy atom. The molecule has 0 spiro atoms. The van der Waals surface area contributed by atoms with Crippen LogP contribution in [0.1, 0.15) is 30.7 Å². The van der Waals surface area contributed by atoms with Gasteiger partial charge in [0.25, 0.3) is 0 Å². The molecule has 2 N–H and O–H groups in total. The minimum absolute atomic E-state index is 0.0140. The summed E-state index contributed by atoms with van der Waals surface area (Å²) in [5.41, 5.74) is 4.15. The number of hydrogen-bond donors (Lipinski definition) is 2. The van der Waals surface area contributed by atoms with Gasteiger partial charge in [-0.3, -0.25) is 9.89 Å². The molecule has 0 aliphatic heterocycles. The van der Waals surface area contributed by atoms with E-state index in [-0.39, 0.29) is 5.91 Å². The molecule has 1 heterocycles. The predicted octanol–water partition coefficient (Wildman–Crippen LogP) is 2.72. The van der Waals surface area contributed by atoms with Gasteiger partial charge in [0.05, 0.1) is 6.42 Å². The van der Waals surface area contributed by atoms with E-state index in [1.807, 2.05) is 12.1 Å². The van der Waals surface area contributed by atoms with Crippen molar-refractivity contribution < 1.29 is 4.79 Å². The fraction of sp³-hybridized carbons (Fsp3) is 0.333. The zero-order chi connectivity index (χ0) is 13.7. The lowest BCUT2D eigenvalue weighted by Gasteiger charge is -2.14. The normalized spacial score (nSPS) is 10.4. The minimum Gasteiger partial charge on any atom is -0.325 e. The van der Waals surface area contributed by atoms with Crippen molar-refractivity contribution in [3.8, 4) is 0 Å². The molecule has 0 atom stereocenters. The molecule has 100 valence electrons. The van der Waals surface area contributed by atoms with Gasteiger partial charge in [-0.15, -0.1) is 0 Å². The average molecular weight is 257 g/mol. The number of nitrogens with one attached hydrogen (secondary N) is 2. The number of H-pyrrole nitrogens is 1. The Bertz CT molecular complexity index is 524. The van der Waals surface area contributed by atoms with Gasteiger partial charge in [-0.05, 0) is 30.0 Å². The molecular weight excluding hydrogens is 238 g/mol. The van der Waals surface area contributed by atoms with Crippen molar-refractivity contribution in [1.82, 2.24) is 10.2 Å². The third kappa shape index (κ3) is 3.22. The largest absolute Gasteiger partial charge is 0.325 e. The summed E-state index contributed by atoms with van der Waals surface area (Å²) in [6.07, 6.45) is 3.79. The lowest BCUT2D eigenvalue weighted by atomic mass is 10.0. The first-order valence-corrected chi connectivity index (χ1v) is 6.63. The van der Waals surface area contributed by atoms with E-state index >= 15 is 0 Å². The van der Waals surface area contributed by atoms with Gasteiger partial charge < -0.3 is 5.32 Å². The molecule has 0 unspecified atom stereocenters. The van der Waals surface area contributed by atoms with Gasteiger partial charge in [-0.1, -0.05) is 32.0 Å². The Balaban J connectivity index is 2.15. The zero-order valence-electron chi connectivity index (χ0n) is 11.4. The Morgan fingerprint density at radius 2 is 1.89 bits per heavy atom. The van der Waals surface area contributed by atoms with Crippen molar-refractivity contribution in [2.45, 2.75) is 33.1 Å². The Hall–Kier alpha value is -2.10. The number of carbonyl (C=O) groups is 1. The Morgan fingerprint density at radius 3 is 2.42 bits per heavy atom. The van der Waals surface area contributed by atoms with Gasteiger partial charge in [-0.2, -0.15) is 5.10 Å². The van der Waals surface area contributed by atoms with Crippen LogP contribution in [0.25, 0.3) is 0 Å². The summed E-state index contributed by atoms with van der Waals surface area (Å²) < 4.78 is 0. The third-order valence-corrected chi connectivity index (χ3v) is 3.17. The topological polar surface area (TPSA) is 57.8 Å². The molecule has 0 aliphatic rings. The number of amides is 1. The highest BCUT2D eigenvalue weighted by atomic mass is 16.1. The number of hydrogen-bond acceptors (Lipinski definition) is 2. The van der Waals surface area contributed by atoms with Crippen molar-refractivity contribution in [2.75, 3.05) is 5.32 Å². The SMILES string of the molecule is CCc1cccc(CC)c1NC(=O)Cc1ccn[nH]1. The van der Waals surface area contributed by atoms with Gasteiger partial charge >= 0.3 is 0 Å². The molecule has 1 aromatic carbocycles. The van der Waals surface area contributed by atoms with E-state index in [0.29, 0.717) is 6.42 Å². The molecule has 0 saturated carbocycles. The maximum Gasteiger partial charge on any atom is 0.230 e. The van der Waals surface area contributed by atoms with Crippen LogP contribution in [-0.2, 0) is 24.1 Å². The van der Waals surface area contributed by atoms with E-state index < -0.39 is 0 Å². The summed E-state index contributed by atoms with van der Waals surface area (Å²) in [6, 6.07) is 7.98. The Labute approximate surface area is 113 Å². The first-order chi connectivity index (χ1) is 9.24. The van der Waals surface area contributed by atoms with Crippen molar-refractivity contribution >= 4 is 11.6 Å². The predicted molar refractivity (Wildman–Crippen MR) is 76.1 cm³/mol. The van der Waals surface area contributed by atoms with Crippen LogP contribution in [0.15, 0.2) is 30.5 Å². The number of rotatable bonds is 5. The summed E-state index contributed by atoms with van der Waals surface area (Å²) in [7, 11) is 0. The third-order valence-electron chi connectivity index (χ3n) is 3.17. The maximum atomic E-state index is 12.1. The minimum atomic E-state index is -0.0140. The van der Waals surface area contributed by atoms with Crippen molar-refractivity contribution in [3.05, 3.63) is 47.3 Å². The molecular formula is C15H19N3O. The van der Waals surface area contributed by atoms with Crippen LogP contribution >= 0.6 is 0 Å². The van der Waals surface area contributed by atoms with Crippen LogP contribution in [-0.4, -0.2) is 16.1 Å². The van der Waals surface area contributed by atoms with E-state index in [9.17, 15) is 4.79 Å². The molecule has 0 radical (unpaired) electrons. The first kappa shape index (κ1) is 13.3. The number of para-hydroxylation sites is 1. The smallest absolute Gasteiger partial charge is 0.230 e. The van der Waals surface area contributed by atoms with Gasteiger partial charge in [0, 0.05) is 17.6 Å². The molecule has 0 fully saturated rings. The molecule has 1 amide bonds. The van der Waals surface area contributed by atoms with Crippen molar-refractivity contribution in [1.29, 1.82) is 0 Å². The molecule has 1 aromatic heterocycles. The van der Waals surface area contributed by atoms with Crippen molar-refractivity contribution in [2.24, 2.45) is 0 Å². The molecule has 0 saturated heterocycles. The highest BCUT2D eigenvalue weighted by Gasteiger charge is 2.10. The molecule has 0 bridgehead atoms. The quantitative estimate of drug-likeness (QED) is 0.865. The summed E-state index contributed by atoms with van der Waals surface area (Å²) >= 11 is 0. The number of nitrogens with zero attached hydrogens (tertiary/aromatic N) is 1. The highest BCUT2D eigenvalue weighted by Crippen LogP contribution is 2.22. The monoisotopic (exact) mass is 257 g/mol. The molecule has 4 nitrogen and oxygen atoms in total. The molecule has 2 aromatic rings. The van der Waals surface area contributed by atoms with Crippen LogP contribution < -0.4 is 5.32 Å². The van der Waals surface area contributed by atoms with E-state index in [0.717, 1.165) is 24.2 Å². The second-order valence-corrected chi connectivity index (χ2v) is 4.47. The number of benzene rings is 1. The number of aromatic amines is 1. The standard InChI is InChI=1S/C15H19N3O/c1-3-11-6-5-7-12(4-2)15(11)17-14(19)10-13-8-9-16-18-13/h5-9H,3-4,10H2,1-2H3,(H,16,18)(H,17,19). The van der Waals surface area contributed by atoms with Crippen LogP contribution in [0.4, 0.5) is 5.69 Å². The number of aryl methyl sites for hydroxylation is 2. The van der Waals surface area contributed by atoms with E-state index in [1.165, 1.54) is 11.1 Å². The van der Waals surface area contributed by atoms with Crippen LogP contribution in [0.2, 0.25) is 0 Å². The zero-order valence-corrected chi connectivity index (χ0v) is 11.4. The van der Waals surface area contributed by atoms with Crippen molar-refractivity contribution in [3.63, 3.8) is 0 Å². The van der Waals surface area contributed by atoms with E-state index in [2.05, 4.69) is 41.5 Å². The summed E-state index contributed by atoms with van der Waals surface area (Å²) in [4.78, 5) is 12.1. The molecule has 4 heteroatoms. The van der Waals surface area contributed by atoms with E-state index in [4.69, 9.17) is 0 Å². The van der Waals surface area contributed by atoms with Crippen LogP contribution in [0, 0.1) is 0 Å².